The fraction of sp³-hybridized carbons (Fsp3) is 0.538. The third-order valence-electron chi connectivity index (χ3n) is 3.15. The largest absolute Gasteiger partial charge is 0.381 e. The van der Waals surface area contributed by atoms with E-state index in [4.69, 9.17) is 0 Å². The number of aromatic nitrogens is 1. The Morgan fingerprint density at radius 3 is 2.94 bits per heavy atom. The van der Waals surface area contributed by atoms with Crippen molar-refractivity contribution in [3.05, 3.63) is 24.0 Å². The van der Waals surface area contributed by atoms with Crippen LogP contribution < -0.4 is 5.32 Å². The number of hydrogen-bond donors (Lipinski definition) is 1. The Labute approximate surface area is 108 Å². The third-order valence-corrected chi connectivity index (χ3v) is 3.15. The Balaban J connectivity index is 2.05. The first-order valence-electron chi connectivity index (χ1n) is 6.19. The summed E-state index contributed by atoms with van der Waals surface area (Å²) in [5.41, 5.74) is 1.45. The van der Waals surface area contributed by atoms with E-state index in [1.54, 1.807) is 20.3 Å². The van der Waals surface area contributed by atoms with Gasteiger partial charge in [-0.3, -0.25) is 9.78 Å². The molecule has 2 heterocycles. The van der Waals surface area contributed by atoms with Crippen LogP contribution in [-0.4, -0.2) is 61.0 Å². The van der Waals surface area contributed by atoms with Crippen molar-refractivity contribution in [1.82, 2.24) is 14.8 Å². The minimum absolute atomic E-state index is 0.0674. The summed E-state index contributed by atoms with van der Waals surface area (Å²) in [4.78, 5) is 19.8. The Morgan fingerprint density at radius 2 is 2.33 bits per heavy atom. The fourth-order valence-electron chi connectivity index (χ4n) is 2.15. The molecule has 98 valence electrons. The summed E-state index contributed by atoms with van der Waals surface area (Å²) in [7, 11) is 5.58. The molecule has 0 spiro atoms. The molecule has 1 aromatic heterocycles. The van der Waals surface area contributed by atoms with Crippen molar-refractivity contribution >= 4 is 11.6 Å². The first kappa shape index (κ1) is 12.8. The van der Waals surface area contributed by atoms with Gasteiger partial charge in [0.2, 0.25) is 0 Å². The van der Waals surface area contributed by atoms with Crippen LogP contribution in [0.5, 0.6) is 0 Å². The van der Waals surface area contributed by atoms with Crippen molar-refractivity contribution in [2.45, 2.75) is 12.5 Å². The molecule has 1 unspecified atom stereocenters. The maximum atomic E-state index is 11.8. The van der Waals surface area contributed by atoms with Gasteiger partial charge < -0.3 is 15.1 Å². The molecule has 0 bridgehead atoms. The standard InChI is InChI=1S/C13H20N4O/c1-16(2)13(18)12-8-10(4-6-14-12)15-11-5-7-17(3)9-11/h4,6,8,11H,5,7,9H2,1-3H3,(H,14,15). The Bertz CT molecular complexity index is 433. The lowest BCUT2D eigenvalue weighted by atomic mass is 10.2. The number of pyridine rings is 1. The van der Waals surface area contributed by atoms with Crippen molar-refractivity contribution < 1.29 is 4.79 Å². The maximum absolute atomic E-state index is 11.8. The molecule has 2 rings (SSSR count). The Morgan fingerprint density at radius 1 is 1.56 bits per heavy atom. The van der Waals surface area contributed by atoms with Crippen LogP contribution in [-0.2, 0) is 0 Å². The molecular weight excluding hydrogens is 228 g/mol. The minimum atomic E-state index is -0.0674. The molecule has 0 saturated carbocycles. The van der Waals surface area contributed by atoms with Crippen molar-refractivity contribution in [3.63, 3.8) is 0 Å². The van der Waals surface area contributed by atoms with Gasteiger partial charge in [-0.05, 0) is 32.1 Å². The minimum Gasteiger partial charge on any atom is -0.381 e. The molecule has 18 heavy (non-hydrogen) atoms. The highest BCUT2D eigenvalue weighted by Crippen LogP contribution is 2.15. The van der Waals surface area contributed by atoms with E-state index in [0.29, 0.717) is 11.7 Å². The molecule has 1 saturated heterocycles. The highest BCUT2D eigenvalue weighted by Gasteiger charge is 2.19. The molecule has 1 aliphatic rings. The molecule has 5 nitrogen and oxygen atoms in total. The second-order valence-corrected chi connectivity index (χ2v) is 5.02. The zero-order valence-electron chi connectivity index (χ0n) is 11.2. The van der Waals surface area contributed by atoms with Crippen LogP contribution in [0.25, 0.3) is 0 Å². The highest BCUT2D eigenvalue weighted by atomic mass is 16.2. The molecule has 1 atom stereocenters. The second-order valence-electron chi connectivity index (χ2n) is 5.02. The molecule has 1 aliphatic heterocycles. The fourth-order valence-corrected chi connectivity index (χ4v) is 2.15. The van der Waals surface area contributed by atoms with E-state index in [1.807, 2.05) is 12.1 Å². The van der Waals surface area contributed by atoms with E-state index in [-0.39, 0.29) is 5.91 Å². The van der Waals surface area contributed by atoms with Gasteiger partial charge in [0.1, 0.15) is 5.69 Å². The van der Waals surface area contributed by atoms with Crippen molar-refractivity contribution in [2.24, 2.45) is 0 Å². The van der Waals surface area contributed by atoms with Crippen LogP contribution in [0.15, 0.2) is 18.3 Å². The molecule has 0 radical (unpaired) electrons. The second kappa shape index (κ2) is 5.35. The molecule has 1 N–H and O–H groups in total. The van der Waals surface area contributed by atoms with Gasteiger partial charge in [-0.25, -0.2) is 0 Å². The van der Waals surface area contributed by atoms with Gasteiger partial charge >= 0.3 is 0 Å². The van der Waals surface area contributed by atoms with Crippen molar-refractivity contribution in [2.75, 3.05) is 39.5 Å². The number of amides is 1. The van der Waals surface area contributed by atoms with Gasteiger partial charge in [-0.1, -0.05) is 0 Å². The van der Waals surface area contributed by atoms with E-state index in [9.17, 15) is 4.79 Å². The number of likely N-dealkylation sites (tertiary alicyclic amines) is 1. The Kier molecular flexibility index (Phi) is 3.81. The summed E-state index contributed by atoms with van der Waals surface area (Å²) in [6.45, 7) is 2.16. The number of likely N-dealkylation sites (N-methyl/N-ethyl adjacent to an activating group) is 1. The van der Waals surface area contributed by atoms with Gasteiger partial charge in [-0.2, -0.15) is 0 Å². The van der Waals surface area contributed by atoms with E-state index in [2.05, 4.69) is 22.2 Å². The summed E-state index contributed by atoms with van der Waals surface area (Å²) in [5, 5.41) is 3.45. The number of nitrogens with one attached hydrogen (secondary N) is 1. The van der Waals surface area contributed by atoms with Crippen LogP contribution in [0.2, 0.25) is 0 Å². The number of carbonyl (C=O) groups excluding carboxylic acids is 1. The Hall–Kier alpha value is -1.62. The smallest absolute Gasteiger partial charge is 0.272 e. The normalized spacial score (nSPS) is 19.8. The number of anilines is 1. The third kappa shape index (κ3) is 2.98. The number of carbonyl (C=O) groups is 1. The quantitative estimate of drug-likeness (QED) is 0.863. The maximum Gasteiger partial charge on any atom is 0.272 e. The summed E-state index contributed by atoms with van der Waals surface area (Å²) in [5.74, 6) is -0.0674. The predicted molar refractivity (Wildman–Crippen MR) is 71.8 cm³/mol. The molecule has 1 fully saturated rings. The van der Waals surface area contributed by atoms with E-state index in [0.717, 1.165) is 25.2 Å². The van der Waals surface area contributed by atoms with Crippen LogP contribution in [0.1, 0.15) is 16.9 Å². The van der Waals surface area contributed by atoms with Gasteiger partial charge in [0.25, 0.3) is 5.91 Å². The predicted octanol–water partition coefficient (Wildman–Crippen LogP) is 0.899. The van der Waals surface area contributed by atoms with Crippen LogP contribution in [0, 0.1) is 0 Å². The molecule has 1 aromatic rings. The summed E-state index contributed by atoms with van der Waals surface area (Å²) < 4.78 is 0. The molecule has 0 aromatic carbocycles. The van der Waals surface area contributed by atoms with Gasteiger partial charge in [-0.15, -0.1) is 0 Å². The van der Waals surface area contributed by atoms with Gasteiger partial charge in [0.05, 0.1) is 0 Å². The average Bonchev–Trinajstić information content (AvgIpc) is 2.74. The zero-order chi connectivity index (χ0) is 13.1. The van der Waals surface area contributed by atoms with Gasteiger partial charge in [0.15, 0.2) is 0 Å². The van der Waals surface area contributed by atoms with Crippen molar-refractivity contribution in [3.8, 4) is 0 Å². The zero-order valence-corrected chi connectivity index (χ0v) is 11.2. The lowest BCUT2D eigenvalue weighted by Crippen LogP contribution is -2.25. The molecule has 1 amide bonds. The number of hydrogen-bond acceptors (Lipinski definition) is 4. The first-order chi connectivity index (χ1) is 8.56. The van der Waals surface area contributed by atoms with E-state index in [1.165, 1.54) is 4.90 Å². The molecule has 0 aliphatic carbocycles. The average molecular weight is 248 g/mol. The summed E-state index contributed by atoms with van der Waals surface area (Å²) in [6, 6.07) is 4.19. The topological polar surface area (TPSA) is 48.5 Å². The van der Waals surface area contributed by atoms with E-state index >= 15 is 0 Å². The highest BCUT2D eigenvalue weighted by molar-refractivity contribution is 5.92. The van der Waals surface area contributed by atoms with Crippen LogP contribution in [0.3, 0.4) is 0 Å². The lowest BCUT2D eigenvalue weighted by Gasteiger charge is -2.15. The van der Waals surface area contributed by atoms with Crippen molar-refractivity contribution in [1.29, 1.82) is 0 Å². The number of rotatable bonds is 3. The lowest BCUT2D eigenvalue weighted by molar-refractivity contribution is 0.0822. The number of nitrogens with zero attached hydrogens (tertiary/aromatic N) is 3. The monoisotopic (exact) mass is 248 g/mol. The van der Waals surface area contributed by atoms with E-state index < -0.39 is 0 Å². The van der Waals surface area contributed by atoms with Gasteiger partial charge in [0, 0.05) is 38.6 Å². The SMILES string of the molecule is CN1CCC(Nc2ccnc(C(=O)N(C)C)c2)C1. The molecular formula is C13H20N4O. The molecule has 5 heteroatoms. The van der Waals surface area contributed by atoms with Crippen LogP contribution in [0.4, 0.5) is 5.69 Å². The summed E-state index contributed by atoms with van der Waals surface area (Å²) in [6.07, 6.45) is 2.81. The first-order valence-corrected chi connectivity index (χ1v) is 6.19. The summed E-state index contributed by atoms with van der Waals surface area (Å²) >= 11 is 0. The van der Waals surface area contributed by atoms with Crippen LogP contribution >= 0.6 is 0 Å².